The molecular formula is C17H14N2O2. The molecule has 0 bridgehead atoms. The van der Waals surface area contributed by atoms with Crippen molar-refractivity contribution in [1.29, 1.82) is 0 Å². The van der Waals surface area contributed by atoms with Gasteiger partial charge in [0, 0.05) is 17.3 Å². The highest BCUT2D eigenvalue weighted by atomic mass is 16.4. The van der Waals surface area contributed by atoms with Gasteiger partial charge >= 0.3 is 5.63 Å². The number of hydrogen-bond acceptors (Lipinski definition) is 4. The zero-order valence-corrected chi connectivity index (χ0v) is 11.6. The molecule has 3 rings (SSSR count). The van der Waals surface area contributed by atoms with Crippen LogP contribution in [0.4, 0.5) is 0 Å². The molecule has 2 aromatic heterocycles. The molecule has 0 spiro atoms. The summed E-state index contributed by atoms with van der Waals surface area (Å²) < 4.78 is 5.31. The second-order valence-corrected chi connectivity index (χ2v) is 4.71. The monoisotopic (exact) mass is 278 g/mol. The maximum absolute atomic E-state index is 12.0. The Bertz CT molecular complexity index is 851. The predicted octanol–water partition coefficient (Wildman–Crippen LogP) is 3.20. The van der Waals surface area contributed by atoms with Crippen LogP contribution in [0.3, 0.4) is 0 Å². The van der Waals surface area contributed by atoms with Gasteiger partial charge in [-0.3, -0.25) is 9.98 Å². The second kappa shape index (κ2) is 5.71. The fraction of sp³-hybridized carbons (Fsp3) is 0.118. The molecule has 0 aliphatic rings. The number of para-hydroxylation sites is 1. The molecule has 0 N–H and O–H groups in total. The lowest BCUT2D eigenvalue weighted by molar-refractivity contribution is 0.559. The van der Waals surface area contributed by atoms with E-state index in [0.717, 1.165) is 11.1 Å². The molecule has 0 aliphatic carbocycles. The van der Waals surface area contributed by atoms with Crippen molar-refractivity contribution < 1.29 is 4.42 Å². The van der Waals surface area contributed by atoms with Crippen LogP contribution in [0.2, 0.25) is 0 Å². The molecular weight excluding hydrogens is 264 g/mol. The van der Waals surface area contributed by atoms with Gasteiger partial charge in [0.1, 0.15) is 5.58 Å². The molecule has 0 atom stereocenters. The highest BCUT2D eigenvalue weighted by molar-refractivity contribution is 6.00. The number of pyridine rings is 1. The summed E-state index contributed by atoms with van der Waals surface area (Å²) in [5, 5.41) is 0.888. The predicted molar refractivity (Wildman–Crippen MR) is 82.6 cm³/mol. The van der Waals surface area contributed by atoms with Crippen molar-refractivity contribution in [3.63, 3.8) is 0 Å². The fourth-order valence-corrected chi connectivity index (χ4v) is 2.09. The van der Waals surface area contributed by atoms with Crippen molar-refractivity contribution in [2.75, 3.05) is 0 Å². The number of nitrogens with zero attached hydrogens (tertiary/aromatic N) is 2. The zero-order valence-electron chi connectivity index (χ0n) is 11.6. The molecule has 0 radical (unpaired) electrons. The number of benzene rings is 1. The van der Waals surface area contributed by atoms with E-state index in [2.05, 4.69) is 9.98 Å². The van der Waals surface area contributed by atoms with Crippen molar-refractivity contribution in [3.8, 4) is 0 Å². The van der Waals surface area contributed by atoms with Gasteiger partial charge in [-0.15, -0.1) is 0 Å². The first-order valence-corrected chi connectivity index (χ1v) is 6.68. The van der Waals surface area contributed by atoms with E-state index in [1.807, 2.05) is 49.4 Å². The topological polar surface area (TPSA) is 55.5 Å². The van der Waals surface area contributed by atoms with Crippen LogP contribution in [0.1, 0.15) is 18.2 Å². The summed E-state index contributed by atoms with van der Waals surface area (Å²) in [6.45, 7) is 2.25. The highest BCUT2D eigenvalue weighted by Crippen LogP contribution is 2.13. The second-order valence-electron chi connectivity index (χ2n) is 4.71. The van der Waals surface area contributed by atoms with Crippen LogP contribution in [-0.2, 0) is 6.54 Å². The number of rotatable bonds is 3. The van der Waals surface area contributed by atoms with Crippen LogP contribution in [0.5, 0.6) is 0 Å². The van der Waals surface area contributed by atoms with E-state index in [4.69, 9.17) is 4.42 Å². The first kappa shape index (κ1) is 13.2. The molecule has 0 saturated heterocycles. The Morgan fingerprint density at radius 2 is 2.00 bits per heavy atom. The molecule has 21 heavy (non-hydrogen) atoms. The zero-order chi connectivity index (χ0) is 14.7. The molecule has 0 amide bonds. The lowest BCUT2D eigenvalue weighted by Crippen LogP contribution is -2.12. The summed E-state index contributed by atoms with van der Waals surface area (Å²) in [6.07, 6.45) is 1.73. The first-order chi connectivity index (χ1) is 10.2. The average Bonchev–Trinajstić information content (AvgIpc) is 2.53. The standard InChI is InChI=1S/C17H14N2O2/c1-12(19-11-14-7-4-5-9-18-14)15-10-13-6-2-3-8-16(13)21-17(15)20/h2-10H,11H2,1H3. The van der Waals surface area contributed by atoms with E-state index in [0.29, 0.717) is 23.4 Å². The third-order valence-electron chi connectivity index (χ3n) is 3.24. The van der Waals surface area contributed by atoms with Gasteiger partial charge in [-0.1, -0.05) is 24.3 Å². The molecule has 0 unspecified atom stereocenters. The molecule has 1 aromatic carbocycles. The Labute approximate surface area is 121 Å². The Kier molecular flexibility index (Phi) is 3.60. The largest absolute Gasteiger partial charge is 0.422 e. The number of aliphatic imine (C=N–C) groups is 1. The lowest BCUT2D eigenvalue weighted by Gasteiger charge is -2.02. The summed E-state index contributed by atoms with van der Waals surface area (Å²) in [7, 11) is 0. The number of fused-ring (bicyclic) bond motifs is 1. The van der Waals surface area contributed by atoms with Gasteiger partial charge in [0.2, 0.25) is 0 Å². The van der Waals surface area contributed by atoms with Gasteiger partial charge in [-0.2, -0.15) is 0 Å². The molecule has 0 fully saturated rings. The summed E-state index contributed by atoms with van der Waals surface area (Å²) in [5.74, 6) is 0. The highest BCUT2D eigenvalue weighted by Gasteiger charge is 2.07. The molecule has 0 aliphatic heterocycles. The van der Waals surface area contributed by atoms with Crippen LogP contribution in [0, 0.1) is 0 Å². The number of aromatic nitrogens is 1. The van der Waals surface area contributed by atoms with Crippen LogP contribution in [0.25, 0.3) is 11.0 Å². The minimum Gasteiger partial charge on any atom is -0.422 e. The Morgan fingerprint density at radius 3 is 2.81 bits per heavy atom. The van der Waals surface area contributed by atoms with E-state index < -0.39 is 0 Å². The summed E-state index contributed by atoms with van der Waals surface area (Å²) >= 11 is 0. The van der Waals surface area contributed by atoms with Gasteiger partial charge in [-0.25, -0.2) is 4.79 Å². The minimum absolute atomic E-state index is 0.365. The Hall–Kier alpha value is -2.75. The molecule has 4 nitrogen and oxygen atoms in total. The van der Waals surface area contributed by atoms with Crippen molar-refractivity contribution in [1.82, 2.24) is 4.98 Å². The van der Waals surface area contributed by atoms with Crippen LogP contribution in [-0.4, -0.2) is 10.7 Å². The molecule has 104 valence electrons. The van der Waals surface area contributed by atoms with Crippen molar-refractivity contribution in [2.45, 2.75) is 13.5 Å². The minimum atomic E-state index is -0.365. The SMILES string of the molecule is CC(=NCc1ccccn1)c1cc2ccccc2oc1=O. The fourth-order valence-electron chi connectivity index (χ4n) is 2.09. The average molecular weight is 278 g/mol. The van der Waals surface area contributed by atoms with Gasteiger partial charge in [0.05, 0.1) is 17.8 Å². The lowest BCUT2D eigenvalue weighted by atomic mass is 10.1. The summed E-state index contributed by atoms with van der Waals surface area (Å²) in [6, 6.07) is 14.9. The Morgan fingerprint density at radius 1 is 1.19 bits per heavy atom. The van der Waals surface area contributed by atoms with E-state index in [-0.39, 0.29) is 5.63 Å². The maximum atomic E-state index is 12.0. The van der Waals surface area contributed by atoms with Gasteiger partial charge in [0.25, 0.3) is 0 Å². The van der Waals surface area contributed by atoms with E-state index >= 15 is 0 Å². The normalized spacial score (nSPS) is 11.8. The molecule has 0 saturated carbocycles. The maximum Gasteiger partial charge on any atom is 0.345 e. The van der Waals surface area contributed by atoms with Crippen molar-refractivity contribution >= 4 is 16.7 Å². The van der Waals surface area contributed by atoms with E-state index in [1.54, 1.807) is 12.3 Å². The summed E-state index contributed by atoms with van der Waals surface area (Å²) in [5.41, 5.74) is 2.23. The summed E-state index contributed by atoms with van der Waals surface area (Å²) in [4.78, 5) is 20.7. The van der Waals surface area contributed by atoms with Crippen LogP contribution < -0.4 is 5.63 Å². The van der Waals surface area contributed by atoms with E-state index in [1.165, 1.54) is 0 Å². The van der Waals surface area contributed by atoms with Crippen molar-refractivity contribution in [2.24, 2.45) is 4.99 Å². The third kappa shape index (κ3) is 2.89. The van der Waals surface area contributed by atoms with Crippen LogP contribution in [0.15, 0.2) is 68.9 Å². The first-order valence-electron chi connectivity index (χ1n) is 6.68. The van der Waals surface area contributed by atoms with Crippen molar-refractivity contribution in [3.05, 3.63) is 76.4 Å². The third-order valence-corrected chi connectivity index (χ3v) is 3.24. The molecule has 3 aromatic rings. The van der Waals surface area contributed by atoms with Crippen LogP contribution >= 0.6 is 0 Å². The van der Waals surface area contributed by atoms with Gasteiger partial charge in [0.15, 0.2) is 0 Å². The smallest absolute Gasteiger partial charge is 0.345 e. The number of hydrogen-bond donors (Lipinski definition) is 0. The van der Waals surface area contributed by atoms with E-state index in [9.17, 15) is 4.79 Å². The Balaban J connectivity index is 1.95. The quantitative estimate of drug-likeness (QED) is 0.546. The van der Waals surface area contributed by atoms with Gasteiger partial charge in [-0.05, 0) is 31.2 Å². The van der Waals surface area contributed by atoms with Gasteiger partial charge < -0.3 is 4.42 Å². The molecule has 2 heterocycles. The molecule has 4 heteroatoms.